The molecule has 2 unspecified atom stereocenters. The SMILES string of the molecule is CCn1ccc(C(C)NC(=O)C2CCCN(S(C)(=O)=O)C2)n1. The van der Waals surface area contributed by atoms with Gasteiger partial charge in [0, 0.05) is 25.8 Å². The summed E-state index contributed by atoms with van der Waals surface area (Å²) in [5, 5.41) is 7.32. The van der Waals surface area contributed by atoms with E-state index in [1.807, 2.05) is 30.8 Å². The van der Waals surface area contributed by atoms with E-state index in [0.29, 0.717) is 19.4 Å². The third kappa shape index (κ3) is 4.07. The highest BCUT2D eigenvalue weighted by molar-refractivity contribution is 7.88. The molecule has 1 aromatic rings. The Hall–Kier alpha value is -1.41. The summed E-state index contributed by atoms with van der Waals surface area (Å²) < 4.78 is 26.4. The summed E-state index contributed by atoms with van der Waals surface area (Å²) in [6.07, 6.45) is 4.50. The van der Waals surface area contributed by atoms with E-state index in [-0.39, 0.29) is 24.4 Å². The molecular weight excluding hydrogens is 304 g/mol. The molecule has 0 spiro atoms. The number of amides is 1. The van der Waals surface area contributed by atoms with Gasteiger partial charge in [0.2, 0.25) is 15.9 Å². The molecule has 124 valence electrons. The van der Waals surface area contributed by atoms with Gasteiger partial charge in [0.25, 0.3) is 0 Å². The summed E-state index contributed by atoms with van der Waals surface area (Å²) in [6.45, 7) is 5.44. The monoisotopic (exact) mass is 328 g/mol. The van der Waals surface area contributed by atoms with E-state index in [1.165, 1.54) is 10.6 Å². The van der Waals surface area contributed by atoms with Gasteiger partial charge in [0.1, 0.15) is 0 Å². The minimum absolute atomic E-state index is 0.105. The Kier molecular flexibility index (Phi) is 5.23. The van der Waals surface area contributed by atoms with Crippen molar-refractivity contribution in [3.8, 4) is 0 Å². The maximum absolute atomic E-state index is 12.4. The first-order chi connectivity index (χ1) is 10.3. The molecule has 0 bridgehead atoms. The van der Waals surface area contributed by atoms with Gasteiger partial charge in [0.05, 0.1) is 23.9 Å². The first kappa shape index (κ1) is 17.0. The summed E-state index contributed by atoms with van der Waals surface area (Å²) in [7, 11) is -3.24. The molecule has 0 aliphatic carbocycles. The predicted molar refractivity (Wildman–Crippen MR) is 83.6 cm³/mol. The zero-order chi connectivity index (χ0) is 16.3. The van der Waals surface area contributed by atoms with Gasteiger partial charge in [-0.25, -0.2) is 12.7 Å². The van der Waals surface area contributed by atoms with Crippen LogP contribution in [0.4, 0.5) is 0 Å². The Bertz CT molecular complexity index is 626. The number of sulfonamides is 1. The number of aryl methyl sites for hydroxylation is 1. The smallest absolute Gasteiger partial charge is 0.224 e. The Morgan fingerprint density at radius 1 is 1.55 bits per heavy atom. The molecule has 1 aromatic heterocycles. The normalized spacial score (nSPS) is 21.5. The summed E-state index contributed by atoms with van der Waals surface area (Å²) in [4.78, 5) is 12.4. The Morgan fingerprint density at radius 3 is 2.86 bits per heavy atom. The Balaban J connectivity index is 1.96. The first-order valence-corrected chi connectivity index (χ1v) is 9.45. The van der Waals surface area contributed by atoms with Gasteiger partial charge in [-0.1, -0.05) is 0 Å². The van der Waals surface area contributed by atoms with Crippen LogP contribution in [0.2, 0.25) is 0 Å². The molecule has 1 N–H and O–H groups in total. The average molecular weight is 328 g/mol. The van der Waals surface area contributed by atoms with E-state index in [1.54, 1.807) is 0 Å². The first-order valence-electron chi connectivity index (χ1n) is 7.60. The van der Waals surface area contributed by atoms with Crippen LogP contribution >= 0.6 is 0 Å². The number of hydrogen-bond donors (Lipinski definition) is 1. The van der Waals surface area contributed by atoms with Crippen molar-refractivity contribution in [3.63, 3.8) is 0 Å². The van der Waals surface area contributed by atoms with Crippen molar-refractivity contribution in [3.05, 3.63) is 18.0 Å². The van der Waals surface area contributed by atoms with Gasteiger partial charge in [0.15, 0.2) is 0 Å². The molecule has 1 amide bonds. The second-order valence-corrected chi connectivity index (χ2v) is 7.77. The molecular formula is C14H24N4O3S. The van der Waals surface area contributed by atoms with Crippen molar-refractivity contribution in [1.29, 1.82) is 0 Å². The van der Waals surface area contributed by atoms with E-state index in [0.717, 1.165) is 12.2 Å². The van der Waals surface area contributed by atoms with Crippen molar-refractivity contribution in [2.45, 2.75) is 39.3 Å². The van der Waals surface area contributed by atoms with Crippen molar-refractivity contribution >= 4 is 15.9 Å². The van der Waals surface area contributed by atoms with Gasteiger partial charge >= 0.3 is 0 Å². The largest absolute Gasteiger partial charge is 0.348 e. The maximum Gasteiger partial charge on any atom is 0.224 e. The highest BCUT2D eigenvalue weighted by Gasteiger charge is 2.30. The highest BCUT2D eigenvalue weighted by Crippen LogP contribution is 2.20. The lowest BCUT2D eigenvalue weighted by molar-refractivity contribution is -0.126. The molecule has 7 nitrogen and oxygen atoms in total. The third-order valence-corrected chi connectivity index (χ3v) is 5.28. The minimum atomic E-state index is -3.24. The molecule has 8 heteroatoms. The average Bonchev–Trinajstić information content (AvgIpc) is 2.95. The van der Waals surface area contributed by atoms with Gasteiger partial charge in [-0.2, -0.15) is 5.10 Å². The topological polar surface area (TPSA) is 84.3 Å². The zero-order valence-corrected chi connectivity index (χ0v) is 14.1. The summed E-state index contributed by atoms with van der Waals surface area (Å²) in [5.41, 5.74) is 0.811. The van der Waals surface area contributed by atoms with Crippen molar-refractivity contribution < 1.29 is 13.2 Å². The van der Waals surface area contributed by atoms with Crippen LogP contribution in [0, 0.1) is 5.92 Å². The van der Waals surface area contributed by atoms with E-state index in [2.05, 4.69) is 10.4 Å². The Morgan fingerprint density at radius 2 is 2.27 bits per heavy atom. The fourth-order valence-electron chi connectivity index (χ4n) is 2.65. The number of carbonyl (C=O) groups excluding carboxylic acids is 1. The Labute approximate surface area is 131 Å². The van der Waals surface area contributed by atoms with Crippen LogP contribution in [0.1, 0.15) is 38.4 Å². The highest BCUT2D eigenvalue weighted by atomic mass is 32.2. The summed E-state index contributed by atoms with van der Waals surface area (Å²) >= 11 is 0. The lowest BCUT2D eigenvalue weighted by Gasteiger charge is -2.30. The lowest BCUT2D eigenvalue weighted by atomic mass is 9.98. The van der Waals surface area contributed by atoms with Crippen LogP contribution in [0.3, 0.4) is 0 Å². The molecule has 1 fully saturated rings. The molecule has 0 aromatic carbocycles. The molecule has 0 saturated carbocycles. The fourth-order valence-corrected chi connectivity index (χ4v) is 3.56. The van der Waals surface area contributed by atoms with Gasteiger partial charge in [-0.3, -0.25) is 9.48 Å². The second-order valence-electron chi connectivity index (χ2n) is 5.79. The molecule has 1 aliphatic rings. The molecule has 1 saturated heterocycles. The van der Waals surface area contributed by atoms with Crippen LogP contribution in [-0.2, 0) is 21.4 Å². The predicted octanol–water partition coefficient (Wildman–Crippen LogP) is 0.752. The van der Waals surface area contributed by atoms with E-state index in [9.17, 15) is 13.2 Å². The second kappa shape index (κ2) is 6.78. The number of aromatic nitrogens is 2. The van der Waals surface area contributed by atoms with Crippen LogP contribution < -0.4 is 5.32 Å². The van der Waals surface area contributed by atoms with Crippen molar-refractivity contribution in [1.82, 2.24) is 19.4 Å². The molecule has 2 heterocycles. The van der Waals surface area contributed by atoms with Gasteiger partial charge in [-0.05, 0) is 32.8 Å². The third-order valence-electron chi connectivity index (χ3n) is 4.01. The molecule has 2 rings (SSSR count). The maximum atomic E-state index is 12.4. The standard InChI is InChI=1S/C14H24N4O3S/c1-4-17-9-7-13(16-17)11(2)15-14(19)12-6-5-8-18(10-12)22(3,20)21/h7,9,11-12H,4-6,8,10H2,1-3H3,(H,15,19). The number of nitrogens with zero attached hydrogens (tertiary/aromatic N) is 3. The van der Waals surface area contributed by atoms with E-state index in [4.69, 9.17) is 0 Å². The molecule has 1 aliphatic heterocycles. The quantitative estimate of drug-likeness (QED) is 0.864. The number of carbonyl (C=O) groups is 1. The van der Waals surface area contributed by atoms with Crippen LogP contribution in [0.5, 0.6) is 0 Å². The van der Waals surface area contributed by atoms with Crippen molar-refractivity contribution in [2.75, 3.05) is 19.3 Å². The number of rotatable bonds is 5. The lowest BCUT2D eigenvalue weighted by Crippen LogP contribution is -2.45. The molecule has 22 heavy (non-hydrogen) atoms. The summed E-state index contributed by atoms with van der Waals surface area (Å²) in [5.74, 6) is -0.397. The van der Waals surface area contributed by atoms with Crippen LogP contribution in [-0.4, -0.2) is 47.8 Å². The molecule has 2 atom stereocenters. The van der Waals surface area contributed by atoms with E-state index < -0.39 is 10.0 Å². The van der Waals surface area contributed by atoms with E-state index >= 15 is 0 Å². The van der Waals surface area contributed by atoms with Crippen LogP contribution in [0.15, 0.2) is 12.3 Å². The fraction of sp³-hybridized carbons (Fsp3) is 0.714. The molecule has 0 radical (unpaired) electrons. The number of hydrogen-bond acceptors (Lipinski definition) is 4. The van der Waals surface area contributed by atoms with Crippen LogP contribution in [0.25, 0.3) is 0 Å². The minimum Gasteiger partial charge on any atom is -0.348 e. The van der Waals surface area contributed by atoms with Gasteiger partial charge in [-0.15, -0.1) is 0 Å². The number of nitrogens with one attached hydrogen (secondary N) is 1. The zero-order valence-electron chi connectivity index (χ0n) is 13.3. The number of piperidine rings is 1. The summed E-state index contributed by atoms with van der Waals surface area (Å²) in [6, 6.07) is 1.70. The van der Waals surface area contributed by atoms with Crippen molar-refractivity contribution in [2.24, 2.45) is 5.92 Å². The van der Waals surface area contributed by atoms with Gasteiger partial charge < -0.3 is 5.32 Å².